The molecule has 1 heterocycles. The molecule has 0 spiro atoms. The van der Waals surface area contributed by atoms with Crippen LogP contribution in [0.3, 0.4) is 0 Å². The van der Waals surface area contributed by atoms with E-state index in [0.29, 0.717) is 0 Å². The van der Waals surface area contributed by atoms with Gasteiger partial charge < -0.3 is 10.5 Å². The largest absolute Gasteiger partial charge is 0.464 e. The van der Waals surface area contributed by atoms with Crippen LogP contribution >= 0.6 is 11.6 Å². The van der Waals surface area contributed by atoms with Crippen molar-refractivity contribution in [2.75, 3.05) is 12.3 Å². The number of halogens is 1. The van der Waals surface area contributed by atoms with E-state index in [0.717, 1.165) is 0 Å². The minimum atomic E-state index is 0.0644. The Morgan fingerprint density at radius 1 is 1.67 bits per heavy atom. The van der Waals surface area contributed by atoms with Crippen molar-refractivity contribution >= 4 is 17.5 Å². The number of aromatic nitrogens is 2. The van der Waals surface area contributed by atoms with Gasteiger partial charge in [0.1, 0.15) is 5.15 Å². The summed E-state index contributed by atoms with van der Waals surface area (Å²) in [5, 5.41) is 0.231. The number of nitrogens with two attached hydrogens (primary N) is 1. The van der Waals surface area contributed by atoms with Crippen LogP contribution in [0.25, 0.3) is 0 Å². The van der Waals surface area contributed by atoms with Gasteiger partial charge in [0.05, 0.1) is 0 Å². The minimum absolute atomic E-state index is 0.0644. The molecule has 62 valence electrons. The van der Waals surface area contributed by atoms with Crippen LogP contribution in [-0.2, 0) is 0 Å². The second-order valence-electron chi connectivity index (χ2n) is 1.88. The molecule has 2 N–H and O–H groups in total. The monoisotopic (exact) mass is 183 g/mol. The molecule has 12 heavy (non-hydrogen) atoms. The molecular formula is C7H6ClN3O. The average Bonchev–Trinajstić information content (AvgIpc) is 1.99. The summed E-state index contributed by atoms with van der Waals surface area (Å²) in [6.07, 6.45) is 4.97. The quantitative estimate of drug-likeness (QED) is 0.542. The normalized spacial score (nSPS) is 9.00. The number of nitrogens with zero attached hydrogens (tertiary/aromatic N) is 2. The zero-order valence-corrected chi connectivity index (χ0v) is 6.88. The molecule has 0 bridgehead atoms. The Hall–Kier alpha value is -1.47. The first kappa shape index (κ1) is 8.62. The molecule has 0 saturated heterocycles. The van der Waals surface area contributed by atoms with Gasteiger partial charge in [-0.1, -0.05) is 17.5 Å². The predicted molar refractivity (Wildman–Crippen MR) is 45.8 cm³/mol. The first-order chi connectivity index (χ1) is 5.72. The number of anilines is 1. The van der Waals surface area contributed by atoms with Gasteiger partial charge in [0.15, 0.2) is 6.61 Å². The highest BCUT2D eigenvalue weighted by Crippen LogP contribution is 2.13. The van der Waals surface area contributed by atoms with Crippen molar-refractivity contribution in [1.82, 2.24) is 9.97 Å². The Kier molecular flexibility index (Phi) is 2.72. The summed E-state index contributed by atoms with van der Waals surface area (Å²) in [4.78, 5) is 7.38. The van der Waals surface area contributed by atoms with E-state index in [1.54, 1.807) is 0 Å². The van der Waals surface area contributed by atoms with Gasteiger partial charge in [0.25, 0.3) is 0 Å². The fraction of sp³-hybridized carbons (Fsp3) is 0.143. The lowest BCUT2D eigenvalue weighted by molar-refractivity contribution is 0.355. The second-order valence-corrected chi connectivity index (χ2v) is 2.27. The van der Waals surface area contributed by atoms with E-state index in [-0.39, 0.29) is 23.6 Å². The summed E-state index contributed by atoms with van der Waals surface area (Å²) in [5.74, 6) is 2.64. The van der Waals surface area contributed by atoms with Crippen LogP contribution in [-0.4, -0.2) is 16.6 Å². The van der Waals surface area contributed by atoms with Gasteiger partial charge in [-0.2, -0.15) is 4.98 Å². The topological polar surface area (TPSA) is 61.0 Å². The number of ether oxygens (including phenoxy) is 1. The third-order valence-corrected chi connectivity index (χ3v) is 1.19. The van der Waals surface area contributed by atoms with Gasteiger partial charge in [-0.15, -0.1) is 6.42 Å². The van der Waals surface area contributed by atoms with E-state index in [1.807, 2.05) is 0 Å². The maximum Gasteiger partial charge on any atom is 0.224 e. The van der Waals surface area contributed by atoms with Crippen molar-refractivity contribution < 1.29 is 4.74 Å². The zero-order chi connectivity index (χ0) is 8.97. The van der Waals surface area contributed by atoms with Gasteiger partial charge in [0.2, 0.25) is 11.8 Å². The highest BCUT2D eigenvalue weighted by Gasteiger charge is 1.99. The van der Waals surface area contributed by atoms with Gasteiger partial charge >= 0.3 is 0 Å². The highest BCUT2D eigenvalue weighted by atomic mass is 35.5. The molecule has 0 amide bonds. The van der Waals surface area contributed by atoms with E-state index < -0.39 is 0 Å². The molecule has 0 radical (unpaired) electrons. The van der Waals surface area contributed by atoms with Crippen LogP contribution in [0.2, 0.25) is 5.15 Å². The van der Waals surface area contributed by atoms with Crippen LogP contribution in [0.15, 0.2) is 6.07 Å². The number of rotatable bonds is 2. The molecule has 0 fully saturated rings. The first-order valence-corrected chi connectivity index (χ1v) is 3.46. The smallest absolute Gasteiger partial charge is 0.224 e. The van der Waals surface area contributed by atoms with Crippen LogP contribution in [0.1, 0.15) is 0 Å². The molecule has 0 aromatic carbocycles. The fourth-order valence-corrected chi connectivity index (χ4v) is 0.783. The van der Waals surface area contributed by atoms with Crippen molar-refractivity contribution in [3.8, 4) is 18.2 Å². The lowest BCUT2D eigenvalue weighted by atomic mass is 10.6. The van der Waals surface area contributed by atoms with E-state index in [9.17, 15) is 0 Å². The van der Waals surface area contributed by atoms with E-state index in [1.165, 1.54) is 6.07 Å². The Morgan fingerprint density at radius 2 is 2.42 bits per heavy atom. The SMILES string of the molecule is C#CCOc1cc(Cl)nc(N)n1. The number of nitrogen functional groups attached to an aromatic ring is 1. The number of hydrogen-bond donors (Lipinski definition) is 1. The van der Waals surface area contributed by atoms with Gasteiger partial charge in [-0.25, -0.2) is 4.98 Å². The van der Waals surface area contributed by atoms with Crippen LogP contribution in [0.4, 0.5) is 5.95 Å². The molecule has 0 aliphatic heterocycles. The lowest BCUT2D eigenvalue weighted by Crippen LogP contribution is -2.00. The van der Waals surface area contributed by atoms with Crippen molar-refractivity contribution in [3.63, 3.8) is 0 Å². The van der Waals surface area contributed by atoms with Crippen molar-refractivity contribution in [1.29, 1.82) is 0 Å². The molecule has 0 saturated carbocycles. The molecule has 4 nitrogen and oxygen atoms in total. The van der Waals surface area contributed by atoms with Crippen LogP contribution in [0, 0.1) is 12.3 Å². The highest BCUT2D eigenvalue weighted by molar-refractivity contribution is 6.29. The van der Waals surface area contributed by atoms with Crippen molar-refractivity contribution in [3.05, 3.63) is 11.2 Å². The maximum absolute atomic E-state index is 5.57. The molecule has 0 aliphatic carbocycles. The maximum atomic E-state index is 5.57. The van der Waals surface area contributed by atoms with Crippen molar-refractivity contribution in [2.24, 2.45) is 0 Å². The average molecular weight is 184 g/mol. The number of hydrogen-bond acceptors (Lipinski definition) is 4. The summed E-state index contributed by atoms with van der Waals surface area (Å²) in [5.41, 5.74) is 5.29. The van der Waals surface area contributed by atoms with E-state index in [4.69, 9.17) is 28.5 Å². The fourth-order valence-electron chi connectivity index (χ4n) is 0.603. The van der Waals surface area contributed by atoms with Gasteiger partial charge in [-0.3, -0.25) is 0 Å². The summed E-state index contributed by atoms with van der Waals surface area (Å²) >= 11 is 5.57. The minimum Gasteiger partial charge on any atom is -0.464 e. The van der Waals surface area contributed by atoms with E-state index >= 15 is 0 Å². The third-order valence-electron chi connectivity index (χ3n) is 0.992. The summed E-state index contributed by atoms with van der Waals surface area (Å²) in [6, 6.07) is 1.44. The predicted octanol–water partition coefficient (Wildman–Crippen LogP) is 0.724. The Balaban J connectivity index is 2.80. The Labute approximate surface area is 74.7 Å². The summed E-state index contributed by atoms with van der Waals surface area (Å²) < 4.78 is 4.97. The molecule has 0 unspecified atom stereocenters. The molecule has 5 heteroatoms. The summed E-state index contributed by atoms with van der Waals surface area (Å²) in [7, 11) is 0. The lowest BCUT2D eigenvalue weighted by Gasteiger charge is -2.01. The van der Waals surface area contributed by atoms with Gasteiger partial charge in [-0.05, 0) is 0 Å². The molecular weight excluding hydrogens is 178 g/mol. The summed E-state index contributed by atoms with van der Waals surface area (Å²) in [6.45, 7) is 0.132. The number of terminal acetylenes is 1. The van der Waals surface area contributed by atoms with E-state index in [2.05, 4.69) is 15.9 Å². The Morgan fingerprint density at radius 3 is 3.00 bits per heavy atom. The molecule has 1 rings (SSSR count). The standard InChI is InChI=1S/C7H6ClN3O/c1-2-3-12-6-4-5(8)10-7(9)11-6/h1,4H,3H2,(H2,9,10,11). The molecule has 0 aliphatic rings. The second kappa shape index (κ2) is 3.79. The Bertz CT molecular complexity index is 301. The first-order valence-electron chi connectivity index (χ1n) is 3.08. The molecule has 1 aromatic heterocycles. The van der Waals surface area contributed by atoms with Crippen LogP contribution in [0.5, 0.6) is 5.88 Å². The molecule has 0 atom stereocenters. The van der Waals surface area contributed by atoms with Crippen molar-refractivity contribution in [2.45, 2.75) is 0 Å². The van der Waals surface area contributed by atoms with Gasteiger partial charge in [0, 0.05) is 6.07 Å². The zero-order valence-electron chi connectivity index (χ0n) is 6.12. The third kappa shape index (κ3) is 2.29. The van der Waals surface area contributed by atoms with Crippen LogP contribution < -0.4 is 10.5 Å². The molecule has 1 aromatic rings.